The number of carbonyl (C=O) groups excluding carboxylic acids is 1. The fourth-order valence-electron chi connectivity index (χ4n) is 1.52. The van der Waals surface area contributed by atoms with Crippen LogP contribution in [0, 0.1) is 0 Å². The van der Waals surface area contributed by atoms with Gasteiger partial charge in [0.2, 0.25) is 0 Å². The molecule has 0 aromatic rings. The van der Waals surface area contributed by atoms with E-state index in [4.69, 9.17) is 27.4 Å². The maximum atomic E-state index is 11.7. The molecule has 0 amide bonds. The Kier molecular flexibility index (Phi) is 7.89. The zero-order valence-corrected chi connectivity index (χ0v) is 10.6. The average Bonchev–Trinajstić information content (AvgIpc) is 2.34. The molecule has 8 nitrogen and oxygen atoms in total. The van der Waals surface area contributed by atoms with Crippen molar-refractivity contribution in [2.24, 2.45) is 17.2 Å². The molecule has 0 bridgehead atoms. The number of hydrogen-bond acceptors (Lipinski definition) is 6. The Bertz CT molecular complexity index is 334. The van der Waals surface area contributed by atoms with Crippen molar-refractivity contribution in [2.45, 2.75) is 50.2 Å². The maximum absolute atomic E-state index is 11.7. The summed E-state index contributed by atoms with van der Waals surface area (Å²) in [4.78, 5) is 32.5. The number of ketones is 1. The average molecular weight is 275 g/mol. The van der Waals surface area contributed by atoms with Crippen molar-refractivity contribution < 1.29 is 24.6 Å². The van der Waals surface area contributed by atoms with Gasteiger partial charge in [0, 0.05) is 6.42 Å². The SMILES string of the molecule is NC(CCC[C@H](N)C(=O)O)C(=O)[C@H](N)CCC(=O)O. The van der Waals surface area contributed by atoms with Crippen LogP contribution in [0.2, 0.25) is 0 Å². The first kappa shape index (κ1) is 17.5. The summed E-state index contributed by atoms with van der Waals surface area (Å²) in [6.07, 6.45) is 0.743. The van der Waals surface area contributed by atoms with Crippen LogP contribution in [0.1, 0.15) is 32.1 Å². The maximum Gasteiger partial charge on any atom is 0.320 e. The van der Waals surface area contributed by atoms with Crippen LogP contribution in [-0.2, 0) is 14.4 Å². The largest absolute Gasteiger partial charge is 0.481 e. The molecule has 0 aliphatic carbocycles. The normalized spacial score (nSPS) is 15.5. The second kappa shape index (κ2) is 8.57. The van der Waals surface area contributed by atoms with E-state index in [9.17, 15) is 14.4 Å². The summed E-state index contributed by atoms with van der Waals surface area (Å²) in [6, 6.07) is -2.69. The molecule has 0 heterocycles. The van der Waals surface area contributed by atoms with Crippen LogP contribution in [0.4, 0.5) is 0 Å². The van der Waals surface area contributed by atoms with E-state index in [-0.39, 0.29) is 25.7 Å². The van der Waals surface area contributed by atoms with Crippen LogP contribution in [0.15, 0.2) is 0 Å². The Balaban J connectivity index is 3.99. The lowest BCUT2D eigenvalue weighted by atomic mass is 9.97. The zero-order valence-electron chi connectivity index (χ0n) is 10.6. The molecule has 19 heavy (non-hydrogen) atoms. The molecule has 0 aromatic carbocycles. The number of carbonyl (C=O) groups is 3. The van der Waals surface area contributed by atoms with Crippen molar-refractivity contribution >= 4 is 17.7 Å². The third-order valence-corrected chi connectivity index (χ3v) is 2.75. The molecule has 0 rings (SSSR count). The summed E-state index contributed by atoms with van der Waals surface area (Å²) in [5.74, 6) is -2.53. The summed E-state index contributed by atoms with van der Waals surface area (Å²) in [7, 11) is 0. The summed E-state index contributed by atoms with van der Waals surface area (Å²) in [5, 5.41) is 17.0. The Morgan fingerprint density at radius 3 is 1.79 bits per heavy atom. The van der Waals surface area contributed by atoms with Gasteiger partial charge in [0.25, 0.3) is 0 Å². The standard InChI is InChI=1S/C11H21N3O5/c12-6(2-1-3-8(14)11(18)19)10(17)7(13)4-5-9(15)16/h6-8H,1-5,12-14H2,(H,15,16)(H,18,19)/t6?,7-,8+/m1/s1. The first-order valence-corrected chi connectivity index (χ1v) is 6.00. The topological polar surface area (TPSA) is 170 Å². The molecular formula is C11H21N3O5. The van der Waals surface area contributed by atoms with Crippen LogP contribution >= 0.6 is 0 Å². The Morgan fingerprint density at radius 1 is 0.842 bits per heavy atom. The number of carboxylic acids is 2. The molecule has 0 radical (unpaired) electrons. The molecule has 0 aromatic heterocycles. The molecule has 3 atom stereocenters. The summed E-state index contributed by atoms with van der Waals surface area (Å²) >= 11 is 0. The fraction of sp³-hybridized carbons (Fsp3) is 0.727. The van der Waals surface area contributed by atoms with Gasteiger partial charge in [-0.05, 0) is 25.7 Å². The highest BCUT2D eigenvalue weighted by Gasteiger charge is 2.22. The Hall–Kier alpha value is -1.51. The van der Waals surface area contributed by atoms with Gasteiger partial charge in [-0.25, -0.2) is 0 Å². The summed E-state index contributed by atoms with van der Waals surface area (Å²) in [5.41, 5.74) is 16.5. The number of hydrogen-bond donors (Lipinski definition) is 5. The van der Waals surface area contributed by atoms with Gasteiger partial charge in [0.05, 0.1) is 12.1 Å². The van der Waals surface area contributed by atoms with Gasteiger partial charge < -0.3 is 27.4 Å². The van der Waals surface area contributed by atoms with Gasteiger partial charge >= 0.3 is 11.9 Å². The third-order valence-electron chi connectivity index (χ3n) is 2.75. The van der Waals surface area contributed by atoms with Crippen molar-refractivity contribution in [3.8, 4) is 0 Å². The van der Waals surface area contributed by atoms with Gasteiger partial charge in [-0.1, -0.05) is 0 Å². The predicted octanol–water partition coefficient (Wildman–Crippen LogP) is -1.34. The highest BCUT2D eigenvalue weighted by Crippen LogP contribution is 2.06. The first-order valence-electron chi connectivity index (χ1n) is 6.00. The first-order chi connectivity index (χ1) is 8.75. The molecule has 0 saturated heterocycles. The van der Waals surface area contributed by atoms with Crippen LogP contribution in [0.25, 0.3) is 0 Å². The van der Waals surface area contributed by atoms with Crippen molar-refractivity contribution in [2.75, 3.05) is 0 Å². The number of rotatable bonds is 10. The minimum absolute atomic E-state index is 0.0382. The van der Waals surface area contributed by atoms with Gasteiger partial charge in [-0.15, -0.1) is 0 Å². The highest BCUT2D eigenvalue weighted by atomic mass is 16.4. The molecular weight excluding hydrogens is 254 g/mol. The van der Waals surface area contributed by atoms with Gasteiger partial charge in [0.15, 0.2) is 5.78 Å². The fourth-order valence-corrected chi connectivity index (χ4v) is 1.52. The predicted molar refractivity (Wildman–Crippen MR) is 67.3 cm³/mol. The number of nitrogens with two attached hydrogens (primary N) is 3. The van der Waals surface area contributed by atoms with Gasteiger partial charge in [-0.2, -0.15) is 0 Å². The van der Waals surface area contributed by atoms with Crippen molar-refractivity contribution in [1.29, 1.82) is 0 Å². The van der Waals surface area contributed by atoms with E-state index in [1.807, 2.05) is 0 Å². The van der Waals surface area contributed by atoms with E-state index in [1.165, 1.54) is 0 Å². The van der Waals surface area contributed by atoms with Crippen LogP contribution in [0.3, 0.4) is 0 Å². The van der Waals surface area contributed by atoms with Crippen molar-refractivity contribution in [3.63, 3.8) is 0 Å². The van der Waals surface area contributed by atoms with Crippen molar-refractivity contribution in [1.82, 2.24) is 0 Å². The quantitative estimate of drug-likeness (QED) is 0.326. The molecule has 0 fully saturated rings. The van der Waals surface area contributed by atoms with E-state index in [0.717, 1.165) is 0 Å². The lowest BCUT2D eigenvalue weighted by molar-refractivity contribution is -0.139. The minimum Gasteiger partial charge on any atom is -0.481 e. The second-order valence-corrected chi connectivity index (χ2v) is 4.42. The monoisotopic (exact) mass is 275 g/mol. The summed E-state index contributed by atoms with van der Waals surface area (Å²) < 4.78 is 0. The molecule has 0 spiro atoms. The molecule has 8 heteroatoms. The van der Waals surface area contributed by atoms with E-state index in [2.05, 4.69) is 0 Å². The van der Waals surface area contributed by atoms with E-state index in [0.29, 0.717) is 6.42 Å². The van der Waals surface area contributed by atoms with Crippen molar-refractivity contribution in [3.05, 3.63) is 0 Å². The third kappa shape index (κ3) is 7.50. The van der Waals surface area contributed by atoms with Gasteiger partial charge in [0.1, 0.15) is 6.04 Å². The van der Waals surface area contributed by atoms with E-state index >= 15 is 0 Å². The number of carboxylic acid groups (broad SMARTS) is 2. The molecule has 1 unspecified atom stereocenters. The number of aliphatic carboxylic acids is 2. The van der Waals surface area contributed by atoms with Gasteiger partial charge in [-0.3, -0.25) is 14.4 Å². The lowest BCUT2D eigenvalue weighted by Crippen LogP contribution is -2.43. The Morgan fingerprint density at radius 2 is 1.32 bits per heavy atom. The second-order valence-electron chi connectivity index (χ2n) is 4.42. The summed E-state index contributed by atoms with van der Waals surface area (Å²) in [6.45, 7) is 0. The molecule has 0 saturated carbocycles. The molecule has 0 aliphatic heterocycles. The van der Waals surface area contributed by atoms with Crippen LogP contribution in [-0.4, -0.2) is 46.1 Å². The van der Waals surface area contributed by atoms with Crippen LogP contribution in [0.5, 0.6) is 0 Å². The number of Topliss-reactive ketones (excluding diaryl/α,β-unsaturated/α-hetero) is 1. The zero-order chi connectivity index (χ0) is 15.0. The highest BCUT2D eigenvalue weighted by molar-refractivity contribution is 5.89. The molecule has 0 aliphatic rings. The van der Waals surface area contributed by atoms with Crippen LogP contribution < -0.4 is 17.2 Å². The lowest BCUT2D eigenvalue weighted by Gasteiger charge is -2.16. The Labute approximate surface area is 110 Å². The smallest absolute Gasteiger partial charge is 0.320 e. The molecule has 8 N–H and O–H groups in total. The van der Waals surface area contributed by atoms with E-state index in [1.54, 1.807) is 0 Å². The molecule has 110 valence electrons. The van der Waals surface area contributed by atoms with E-state index < -0.39 is 35.8 Å². The minimum atomic E-state index is -1.10.